The van der Waals surface area contributed by atoms with Crippen LogP contribution in [0.1, 0.15) is 32.6 Å². The molecule has 1 aliphatic heterocycles. The number of likely N-dealkylation sites (tertiary alicyclic amines) is 1. The topological polar surface area (TPSA) is 36.9 Å². The van der Waals surface area contributed by atoms with Gasteiger partial charge in [-0.3, -0.25) is 9.89 Å². The summed E-state index contributed by atoms with van der Waals surface area (Å²) in [6.07, 6.45) is 10.6. The van der Waals surface area contributed by atoms with Crippen molar-refractivity contribution in [2.75, 3.05) is 26.2 Å². The molecule has 0 bridgehead atoms. The first-order chi connectivity index (χ1) is 11.7. The van der Waals surface area contributed by atoms with Crippen molar-refractivity contribution in [1.82, 2.24) is 10.2 Å². The highest BCUT2D eigenvalue weighted by Crippen LogP contribution is 2.24. The summed E-state index contributed by atoms with van der Waals surface area (Å²) in [5, 5.41) is 2.80. The van der Waals surface area contributed by atoms with Crippen molar-refractivity contribution in [2.24, 2.45) is 10.9 Å². The zero-order valence-electron chi connectivity index (χ0n) is 14.2. The fourth-order valence-electron chi connectivity index (χ4n) is 2.87. The van der Waals surface area contributed by atoms with Crippen molar-refractivity contribution in [2.45, 2.75) is 32.6 Å². The number of hydrogen-bond donors (Lipinski definition) is 1. The molecule has 2 aliphatic rings. The van der Waals surface area contributed by atoms with Crippen LogP contribution in [0.4, 0.5) is 4.39 Å². The number of rotatable bonds is 8. The zero-order chi connectivity index (χ0) is 17.2. The maximum atomic E-state index is 13.6. The quantitative estimate of drug-likeness (QED) is 0.534. The maximum absolute atomic E-state index is 13.6. The third kappa shape index (κ3) is 6.53. The first kappa shape index (κ1) is 18.8. The van der Waals surface area contributed by atoms with Gasteiger partial charge in [-0.15, -0.1) is 0 Å². The van der Waals surface area contributed by atoms with Gasteiger partial charge in [-0.25, -0.2) is 4.39 Å². The Hall–Kier alpha value is -1.53. The predicted octanol–water partition coefficient (Wildman–Crippen LogP) is 3.73. The molecule has 0 aromatic rings. The molecular formula is C18H26FN3OS. The summed E-state index contributed by atoms with van der Waals surface area (Å²) in [4.78, 5) is 6.77. The average molecular weight is 351 g/mol. The predicted molar refractivity (Wildman–Crippen MR) is 101 cm³/mol. The molecule has 0 aromatic carbocycles. The van der Waals surface area contributed by atoms with Crippen molar-refractivity contribution < 1.29 is 9.13 Å². The second kappa shape index (κ2) is 10.4. The molecule has 0 saturated carbocycles. The van der Waals surface area contributed by atoms with E-state index in [1.807, 2.05) is 13.0 Å². The van der Waals surface area contributed by atoms with Gasteiger partial charge in [0.05, 0.1) is 12.1 Å². The molecule has 1 fully saturated rings. The van der Waals surface area contributed by atoms with Crippen molar-refractivity contribution in [3.8, 4) is 0 Å². The number of nitrogens with zero attached hydrogens (tertiary/aromatic N) is 2. The average Bonchev–Trinajstić information content (AvgIpc) is 2.59. The van der Waals surface area contributed by atoms with Gasteiger partial charge in [0.25, 0.3) is 0 Å². The van der Waals surface area contributed by atoms with E-state index >= 15 is 0 Å². The molecule has 0 unspecified atom stereocenters. The maximum Gasteiger partial charge on any atom is 0.150 e. The lowest BCUT2D eigenvalue weighted by atomic mass is 9.97. The van der Waals surface area contributed by atoms with E-state index in [4.69, 9.17) is 4.74 Å². The number of thiocarbonyl (C=S) groups is 1. The highest BCUT2D eigenvalue weighted by molar-refractivity contribution is 7.78. The lowest BCUT2D eigenvalue weighted by Gasteiger charge is -2.31. The number of allylic oxidation sites excluding steroid dienone is 3. The van der Waals surface area contributed by atoms with E-state index in [1.54, 1.807) is 18.5 Å². The third-order valence-corrected chi connectivity index (χ3v) is 4.37. The number of halogens is 1. The summed E-state index contributed by atoms with van der Waals surface area (Å²) in [5.74, 6) is 0.821. The molecule has 1 heterocycles. The summed E-state index contributed by atoms with van der Waals surface area (Å²) < 4.78 is 19.3. The number of ether oxygens (including phenoxy) is 1. The number of piperidine rings is 1. The summed E-state index contributed by atoms with van der Waals surface area (Å²) in [6, 6.07) is 0. The SMILES string of the molecule is CC(CN1CCC(COC2=C(F)CCC=C2)CC1)=N/C=C\NC=S. The minimum absolute atomic E-state index is 0.113. The van der Waals surface area contributed by atoms with E-state index < -0.39 is 0 Å². The normalized spacial score (nSPS) is 20.7. The fourth-order valence-corrected chi connectivity index (χ4v) is 2.95. The molecule has 0 atom stereocenters. The van der Waals surface area contributed by atoms with Crippen LogP contribution in [0.15, 0.2) is 41.1 Å². The highest BCUT2D eigenvalue weighted by Gasteiger charge is 2.21. The standard InChI is InChI=1S/C18H26FN3OS/c1-15(21-9-8-20-14-24)12-22-10-6-16(7-11-22)13-23-18-5-3-2-4-17(18)19/h3,5,8-9,14,16H,2,4,6-7,10-13H2,1H3,(H,20,24)/b9-8-,21-15?. The van der Waals surface area contributed by atoms with Crippen LogP contribution in [0.2, 0.25) is 0 Å². The van der Waals surface area contributed by atoms with Gasteiger partial charge in [-0.1, -0.05) is 18.3 Å². The van der Waals surface area contributed by atoms with Crippen LogP contribution in [0, 0.1) is 5.92 Å². The first-order valence-corrected chi connectivity index (χ1v) is 8.94. The lowest BCUT2D eigenvalue weighted by Crippen LogP contribution is -2.37. The summed E-state index contributed by atoms with van der Waals surface area (Å²) in [6.45, 7) is 5.57. The van der Waals surface area contributed by atoms with E-state index in [9.17, 15) is 4.39 Å². The molecule has 24 heavy (non-hydrogen) atoms. The number of aliphatic imine (C=N–C) groups is 1. The first-order valence-electron chi connectivity index (χ1n) is 8.47. The van der Waals surface area contributed by atoms with Gasteiger partial charge in [0.1, 0.15) is 11.6 Å². The molecule has 1 N–H and O–H groups in total. The van der Waals surface area contributed by atoms with E-state index in [1.165, 1.54) is 5.49 Å². The molecule has 1 aliphatic carbocycles. The zero-order valence-corrected chi connectivity index (χ0v) is 15.0. The summed E-state index contributed by atoms with van der Waals surface area (Å²) in [5.41, 5.74) is 2.52. The molecule has 4 nitrogen and oxygen atoms in total. The molecule has 0 aromatic heterocycles. The number of hydrogen-bond acceptors (Lipinski definition) is 4. The van der Waals surface area contributed by atoms with E-state index in [0.29, 0.717) is 24.7 Å². The monoisotopic (exact) mass is 351 g/mol. The van der Waals surface area contributed by atoms with Gasteiger partial charge in [0.15, 0.2) is 0 Å². The largest absolute Gasteiger partial charge is 0.491 e. The smallest absolute Gasteiger partial charge is 0.150 e. The van der Waals surface area contributed by atoms with Crippen LogP contribution in [-0.4, -0.2) is 42.3 Å². The van der Waals surface area contributed by atoms with Crippen molar-refractivity contribution >= 4 is 23.4 Å². The van der Waals surface area contributed by atoms with E-state index in [0.717, 1.165) is 44.6 Å². The Morgan fingerprint density at radius 3 is 3.00 bits per heavy atom. The van der Waals surface area contributed by atoms with E-state index in [2.05, 4.69) is 27.4 Å². The molecule has 0 spiro atoms. The van der Waals surface area contributed by atoms with Gasteiger partial charge >= 0.3 is 0 Å². The Morgan fingerprint density at radius 1 is 1.50 bits per heavy atom. The summed E-state index contributed by atoms with van der Waals surface area (Å²) >= 11 is 4.66. The molecule has 132 valence electrons. The fraction of sp³-hybridized carbons (Fsp3) is 0.556. The Kier molecular flexibility index (Phi) is 8.12. The van der Waals surface area contributed by atoms with Crippen molar-refractivity contribution in [3.63, 3.8) is 0 Å². The Morgan fingerprint density at radius 2 is 2.29 bits per heavy atom. The van der Waals surface area contributed by atoms with Crippen LogP contribution >= 0.6 is 12.2 Å². The van der Waals surface area contributed by atoms with Crippen LogP contribution in [0.5, 0.6) is 0 Å². The van der Waals surface area contributed by atoms with Gasteiger partial charge < -0.3 is 10.1 Å². The lowest BCUT2D eigenvalue weighted by molar-refractivity contribution is 0.113. The van der Waals surface area contributed by atoms with Gasteiger partial charge in [-0.2, -0.15) is 0 Å². The second-order valence-corrected chi connectivity index (χ2v) is 6.44. The van der Waals surface area contributed by atoms with Crippen LogP contribution in [0.25, 0.3) is 0 Å². The number of nitrogens with one attached hydrogen (secondary N) is 1. The molecular weight excluding hydrogens is 325 g/mol. The second-order valence-electron chi connectivity index (χ2n) is 6.21. The molecule has 0 radical (unpaired) electrons. The minimum Gasteiger partial charge on any atom is -0.491 e. The Bertz CT molecular complexity index is 534. The highest BCUT2D eigenvalue weighted by atomic mass is 32.1. The Labute approximate surface area is 149 Å². The van der Waals surface area contributed by atoms with Gasteiger partial charge in [0, 0.05) is 31.1 Å². The molecule has 0 amide bonds. The molecule has 2 rings (SSSR count). The van der Waals surface area contributed by atoms with Crippen LogP contribution in [0.3, 0.4) is 0 Å². The van der Waals surface area contributed by atoms with Gasteiger partial charge in [0.2, 0.25) is 0 Å². The van der Waals surface area contributed by atoms with E-state index in [-0.39, 0.29) is 5.83 Å². The van der Waals surface area contributed by atoms with Gasteiger partial charge in [-0.05, 0) is 51.3 Å². The minimum atomic E-state index is -0.113. The Balaban J connectivity index is 1.68. The molecule has 6 heteroatoms. The van der Waals surface area contributed by atoms with Crippen molar-refractivity contribution in [1.29, 1.82) is 0 Å². The van der Waals surface area contributed by atoms with Crippen LogP contribution < -0.4 is 5.32 Å². The van der Waals surface area contributed by atoms with Crippen LogP contribution in [-0.2, 0) is 4.74 Å². The van der Waals surface area contributed by atoms with Crippen molar-refractivity contribution in [3.05, 3.63) is 36.1 Å². The molecule has 1 saturated heterocycles. The summed E-state index contributed by atoms with van der Waals surface area (Å²) in [7, 11) is 0. The third-order valence-electron chi connectivity index (χ3n) is 4.23.